The maximum Gasteiger partial charge on any atom is 0.260 e. The Morgan fingerprint density at radius 3 is 2.22 bits per heavy atom. The number of para-hydroxylation sites is 2. The minimum atomic E-state index is 0.00689. The number of hydrogen-bond donors (Lipinski definition) is 0. The molecule has 0 aromatic heterocycles. The molecule has 0 spiro atoms. The van der Waals surface area contributed by atoms with E-state index in [0.29, 0.717) is 31.2 Å². The summed E-state index contributed by atoms with van der Waals surface area (Å²) in [6, 6.07) is 15.3. The number of halogens is 1. The zero-order chi connectivity index (χ0) is 19.1. The number of carbonyl (C=O) groups is 1. The van der Waals surface area contributed by atoms with E-state index in [0.717, 1.165) is 24.7 Å². The molecular weight excluding hydrogens is 364 g/mol. The quantitative estimate of drug-likeness (QED) is 0.728. The molecule has 6 heteroatoms. The molecule has 1 heterocycles. The Kier molecular flexibility index (Phi) is 6.96. The lowest BCUT2D eigenvalue weighted by molar-refractivity contribution is -0.135. The van der Waals surface area contributed by atoms with Crippen molar-refractivity contribution >= 4 is 17.5 Å². The molecule has 2 aromatic carbocycles. The first kappa shape index (κ1) is 19.5. The molecule has 27 heavy (non-hydrogen) atoms. The van der Waals surface area contributed by atoms with Gasteiger partial charge >= 0.3 is 0 Å². The zero-order valence-electron chi connectivity index (χ0n) is 15.6. The van der Waals surface area contributed by atoms with E-state index in [1.165, 1.54) is 5.56 Å². The molecule has 1 fully saturated rings. The van der Waals surface area contributed by atoms with Crippen LogP contribution in [0.5, 0.6) is 11.5 Å². The molecule has 0 bridgehead atoms. The number of rotatable bonds is 7. The molecule has 0 atom stereocenters. The van der Waals surface area contributed by atoms with E-state index in [1.54, 1.807) is 0 Å². The standard InChI is InChI=1S/C21H25ClN2O3/c1-2-26-19-5-3-4-6-20(19)27-16-21(25)24-13-11-23(12-14-24)15-17-7-9-18(22)10-8-17/h3-10H,2,11-16H2,1H3. The molecule has 0 aliphatic carbocycles. The van der Waals surface area contributed by atoms with Gasteiger partial charge in [0.25, 0.3) is 5.91 Å². The van der Waals surface area contributed by atoms with Crippen LogP contribution in [0, 0.1) is 0 Å². The molecular formula is C21H25ClN2O3. The monoisotopic (exact) mass is 388 g/mol. The Morgan fingerprint density at radius 2 is 1.59 bits per heavy atom. The van der Waals surface area contributed by atoms with E-state index in [-0.39, 0.29) is 12.5 Å². The highest BCUT2D eigenvalue weighted by atomic mass is 35.5. The normalized spacial score (nSPS) is 14.8. The SMILES string of the molecule is CCOc1ccccc1OCC(=O)N1CCN(Cc2ccc(Cl)cc2)CC1. The first-order valence-electron chi connectivity index (χ1n) is 9.25. The van der Waals surface area contributed by atoms with Gasteiger partial charge in [0.1, 0.15) is 0 Å². The maximum atomic E-state index is 12.5. The van der Waals surface area contributed by atoms with Gasteiger partial charge in [-0.2, -0.15) is 0 Å². The molecule has 144 valence electrons. The summed E-state index contributed by atoms with van der Waals surface area (Å²) in [4.78, 5) is 16.7. The van der Waals surface area contributed by atoms with Crippen molar-refractivity contribution in [1.29, 1.82) is 0 Å². The number of hydrogen-bond acceptors (Lipinski definition) is 4. The molecule has 1 aliphatic heterocycles. The Balaban J connectivity index is 1.45. The lowest BCUT2D eigenvalue weighted by Gasteiger charge is -2.34. The van der Waals surface area contributed by atoms with Gasteiger partial charge in [0.2, 0.25) is 0 Å². The Labute approximate surface area is 165 Å². The summed E-state index contributed by atoms with van der Waals surface area (Å²) in [5.41, 5.74) is 1.23. The third-order valence-electron chi connectivity index (χ3n) is 4.54. The van der Waals surface area contributed by atoms with E-state index in [9.17, 15) is 4.79 Å². The maximum absolute atomic E-state index is 12.5. The molecule has 1 amide bonds. The molecule has 2 aromatic rings. The van der Waals surface area contributed by atoms with Crippen molar-refractivity contribution in [2.24, 2.45) is 0 Å². The van der Waals surface area contributed by atoms with Crippen LogP contribution in [0.4, 0.5) is 0 Å². The van der Waals surface area contributed by atoms with Crippen molar-refractivity contribution in [3.05, 3.63) is 59.1 Å². The van der Waals surface area contributed by atoms with Crippen LogP contribution >= 0.6 is 11.6 Å². The molecule has 1 aliphatic rings. The molecule has 0 saturated carbocycles. The van der Waals surface area contributed by atoms with Crippen molar-refractivity contribution in [3.8, 4) is 11.5 Å². The van der Waals surface area contributed by atoms with Crippen LogP contribution < -0.4 is 9.47 Å². The van der Waals surface area contributed by atoms with Gasteiger partial charge in [0.15, 0.2) is 18.1 Å². The highest BCUT2D eigenvalue weighted by Gasteiger charge is 2.21. The van der Waals surface area contributed by atoms with Crippen LogP contribution in [0.3, 0.4) is 0 Å². The van der Waals surface area contributed by atoms with E-state index in [1.807, 2.05) is 60.4 Å². The summed E-state index contributed by atoms with van der Waals surface area (Å²) in [5.74, 6) is 1.28. The number of carbonyl (C=O) groups excluding carboxylic acids is 1. The highest BCUT2D eigenvalue weighted by Crippen LogP contribution is 2.26. The summed E-state index contributed by atoms with van der Waals surface area (Å²) in [6.45, 7) is 6.51. The van der Waals surface area contributed by atoms with Crippen molar-refractivity contribution in [1.82, 2.24) is 9.80 Å². The number of benzene rings is 2. The number of ether oxygens (including phenoxy) is 2. The lowest BCUT2D eigenvalue weighted by Crippen LogP contribution is -2.49. The van der Waals surface area contributed by atoms with Crippen LogP contribution in [0.15, 0.2) is 48.5 Å². The van der Waals surface area contributed by atoms with E-state index in [2.05, 4.69) is 4.90 Å². The van der Waals surface area contributed by atoms with Gasteiger partial charge < -0.3 is 14.4 Å². The molecule has 3 rings (SSSR count). The fourth-order valence-electron chi connectivity index (χ4n) is 3.08. The Bertz CT molecular complexity index is 743. The highest BCUT2D eigenvalue weighted by molar-refractivity contribution is 6.30. The van der Waals surface area contributed by atoms with Crippen molar-refractivity contribution < 1.29 is 14.3 Å². The third-order valence-corrected chi connectivity index (χ3v) is 4.80. The molecule has 0 unspecified atom stereocenters. The average molecular weight is 389 g/mol. The first-order chi connectivity index (χ1) is 13.2. The van der Waals surface area contributed by atoms with Crippen LogP contribution in [-0.2, 0) is 11.3 Å². The van der Waals surface area contributed by atoms with Gasteiger partial charge in [-0.15, -0.1) is 0 Å². The summed E-state index contributed by atoms with van der Waals surface area (Å²) >= 11 is 5.93. The summed E-state index contributed by atoms with van der Waals surface area (Å²) in [6.07, 6.45) is 0. The fourth-order valence-corrected chi connectivity index (χ4v) is 3.20. The van der Waals surface area contributed by atoms with E-state index in [4.69, 9.17) is 21.1 Å². The van der Waals surface area contributed by atoms with Crippen molar-refractivity contribution in [3.63, 3.8) is 0 Å². The second kappa shape index (κ2) is 9.62. The predicted octanol–water partition coefficient (Wildman–Crippen LogP) is 3.46. The molecule has 1 saturated heterocycles. The molecule has 0 radical (unpaired) electrons. The van der Waals surface area contributed by atoms with Gasteiger partial charge in [-0.25, -0.2) is 0 Å². The van der Waals surface area contributed by atoms with Crippen molar-refractivity contribution in [2.75, 3.05) is 39.4 Å². The summed E-state index contributed by atoms with van der Waals surface area (Å²) in [7, 11) is 0. The molecule has 0 N–H and O–H groups in total. The average Bonchev–Trinajstić information content (AvgIpc) is 2.70. The minimum absolute atomic E-state index is 0.00689. The third kappa shape index (κ3) is 5.62. The fraction of sp³-hybridized carbons (Fsp3) is 0.381. The van der Waals surface area contributed by atoms with Crippen molar-refractivity contribution in [2.45, 2.75) is 13.5 Å². The van der Waals surface area contributed by atoms with Gasteiger partial charge in [-0.05, 0) is 36.8 Å². The number of amides is 1. The van der Waals surface area contributed by atoms with Gasteiger partial charge in [0.05, 0.1) is 6.61 Å². The molecule has 5 nitrogen and oxygen atoms in total. The largest absolute Gasteiger partial charge is 0.490 e. The smallest absolute Gasteiger partial charge is 0.260 e. The topological polar surface area (TPSA) is 42.0 Å². The first-order valence-corrected chi connectivity index (χ1v) is 9.62. The van der Waals surface area contributed by atoms with Gasteiger partial charge in [-0.3, -0.25) is 9.69 Å². The number of nitrogens with zero attached hydrogens (tertiary/aromatic N) is 2. The Morgan fingerprint density at radius 1 is 0.963 bits per heavy atom. The van der Waals surface area contributed by atoms with Gasteiger partial charge in [-0.1, -0.05) is 35.9 Å². The Hall–Kier alpha value is -2.24. The number of piperazine rings is 1. The van der Waals surface area contributed by atoms with Gasteiger partial charge in [0, 0.05) is 37.7 Å². The summed E-state index contributed by atoms with van der Waals surface area (Å²) in [5, 5.41) is 0.750. The van der Waals surface area contributed by atoms with E-state index < -0.39 is 0 Å². The zero-order valence-corrected chi connectivity index (χ0v) is 16.3. The second-order valence-corrected chi connectivity index (χ2v) is 6.89. The minimum Gasteiger partial charge on any atom is -0.490 e. The summed E-state index contributed by atoms with van der Waals surface area (Å²) < 4.78 is 11.2. The lowest BCUT2D eigenvalue weighted by atomic mass is 10.2. The van der Waals surface area contributed by atoms with Crippen LogP contribution in [0.2, 0.25) is 5.02 Å². The second-order valence-electron chi connectivity index (χ2n) is 6.45. The van der Waals surface area contributed by atoms with Crippen LogP contribution in [0.25, 0.3) is 0 Å². The predicted molar refractivity (Wildman–Crippen MR) is 106 cm³/mol. The van der Waals surface area contributed by atoms with E-state index >= 15 is 0 Å². The van der Waals surface area contributed by atoms with Crippen LogP contribution in [0.1, 0.15) is 12.5 Å². The van der Waals surface area contributed by atoms with Crippen LogP contribution in [-0.4, -0.2) is 55.1 Å².